The molecule has 0 saturated heterocycles. The first-order valence-electron chi connectivity index (χ1n) is 5.11. The quantitative estimate of drug-likeness (QED) is 0.742. The van der Waals surface area contributed by atoms with Crippen molar-refractivity contribution in [2.24, 2.45) is 5.92 Å². The van der Waals surface area contributed by atoms with Crippen molar-refractivity contribution in [2.75, 3.05) is 6.54 Å². The molecular weight excluding hydrogens is 186 g/mol. The van der Waals surface area contributed by atoms with E-state index < -0.39 is 0 Å². The molecule has 1 saturated carbocycles. The van der Waals surface area contributed by atoms with E-state index in [1.165, 1.54) is 19.3 Å². The van der Waals surface area contributed by atoms with Gasteiger partial charge in [0.1, 0.15) is 0 Å². The first kappa shape index (κ1) is 13.2. The molecule has 3 heteroatoms. The molecule has 0 aromatic heterocycles. The molecule has 0 spiro atoms. The van der Waals surface area contributed by atoms with Crippen LogP contribution in [0.1, 0.15) is 39.5 Å². The van der Waals surface area contributed by atoms with Crippen molar-refractivity contribution in [3.05, 3.63) is 0 Å². The molecule has 1 rings (SSSR count). The summed E-state index contributed by atoms with van der Waals surface area (Å²) in [7, 11) is 0. The van der Waals surface area contributed by atoms with Crippen molar-refractivity contribution >= 4 is 12.4 Å². The van der Waals surface area contributed by atoms with Gasteiger partial charge in [0.05, 0.1) is 6.10 Å². The smallest absolute Gasteiger partial charge is 0.0580 e. The topological polar surface area (TPSA) is 32.3 Å². The van der Waals surface area contributed by atoms with Gasteiger partial charge in [-0.05, 0) is 18.8 Å². The maximum Gasteiger partial charge on any atom is 0.0580 e. The van der Waals surface area contributed by atoms with Gasteiger partial charge in [-0.2, -0.15) is 0 Å². The molecule has 0 aromatic rings. The van der Waals surface area contributed by atoms with Gasteiger partial charge in [0, 0.05) is 12.6 Å². The molecular formula is C10H22ClNO. The van der Waals surface area contributed by atoms with Crippen molar-refractivity contribution in [3.8, 4) is 0 Å². The molecule has 0 aliphatic heterocycles. The zero-order valence-corrected chi connectivity index (χ0v) is 9.44. The van der Waals surface area contributed by atoms with Gasteiger partial charge in [0.2, 0.25) is 0 Å². The average molecular weight is 208 g/mol. The van der Waals surface area contributed by atoms with Crippen LogP contribution in [0.25, 0.3) is 0 Å². The monoisotopic (exact) mass is 207 g/mol. The van der Waals surface area contributed by atoms with E-state index in [-0.39, 0.29) is 18.5 Å². The van der Waals surface area contributed by atoms with Crippen LogP contribution in [0.5, 0.6) is 0 Å². The van der Waals surface area contributed by atoms with Gasteiger partial charge in [0.15, 0.2) is 0 Å². The highest BCUT2D eigenvalue weighted by Gasteiger charge is 2.22. The zero-order chi connectivity index (χ0) is 8.97. The second-order valence-electron chi connectivity index (χ2n) is 4.17. The van der Waals surface area contributed by atoms with Gasteiger partial charge in [-0.25, -0.2) is 0 Å². The van der Waals surface area contributed by atoms with Crippen molar-refractivity contribution < 1.29 is 5.11 Å². The van der Waals surface area contributed by atoms with E-state index >= 15 is 0 Å². The third-order valence-corrected chi connectivity index (χ3v) is 2.66. The zero-order valence-electron chi connectivity index (χ0n) is 8.62. The Labute approximate surface area is 87.5 Å². The highest BCUT2D eigenvalue weighted by atomic mass is 35.5. The Hall–Kier alpha value is 0.210. The number of nitrogens with one attached hydrogen (secondary N) is 1. The summed E-state index contributed by atoms with van der Waals surface area (Å²) in [5.74, 6) is 0.501. The lowest BCUT2D eigenvalue weighted by atomic mass is 9.86. The van der Waals surface area contributed by atoms with Crippen LogP contribution < -0.4 is 5.32 Å². The number of hydrogen-bond acceptors (Lipinski definition) is 2. The minimum atomic E-state index is -0.0509. The molecule has 0 heterocycles. The van der Waals surface area contributed by atoms with E-state index in [1.807, 2.05) is 0 Å². The van der Waals surface area contributed by atoms with E-state index in [0.717, 1.165) is 13.0 Å². The minimum Gasteiger partial charge on any atom is -0.393 e. The molecule has 0 radical (unpaired) electrons. The van der Waals surface area contributed by atoms with Crippen LogP contribution in [0.4, 0.5) is 0 Å². The summed E-state index contributed by atoms with van der Waals surface area (Å²) in [6.45, 7) is 5.28. The predicted octanol–water partition coefficient (Wildman–Crippen LogP) is 1.96. The van der Waals surface area contributed by atoms with Gasteiger partial charge in [-0.1, -0.05) is 26.7 Å². The van der Waals surface area contributed by atoms with Crippen molar-refractivity contribution in [1.29, 1.82) is 0 Å². The van der Waals surface area contributed by atoms with Gasteiger partial charge in [0.25, 0.3) is 0 Å². The van der Waals surface area contributed by atoms with E-state index in [1.54, 1.807) is 0 Å². The number of aliphatic hydroxyl groups is 1. The molecule has 80 valence electrons. The Balaban J connectivity index is 0.00000144. The third kappa shape index (κ3) is 4.84. The average Bonchev–Trinajstić information content (AvgIpc) is 2.03. The fraction of sp³-hybridized carbons (Fsp3) is 1.00. The lowest BCUT2D eigenvalue weighted by molar-refractivity contribution is 0.0687. The summed E-state index contributed by atoms with van der Waals surface area (Å²) >= 11 is 0. The number of rotatable bonds is 3. The number of hydrogen-bond donors (Lipinski definition) is 2. The summed E-state index contributed by atoms with van der Waals surface area (Å²) in [6, 6.07) is 0.541. The van der Waals surface area contributed by atoms with Gasteiger partial charge in [-0.3, -0.25) is 0 Å². The molecule has 0 aromatic carbocycles. The van der Waals surface area contributed by atoms with E-state index in [2.05, 4.69) is 19.2 Å². The van der Waals surface area contributed by atoms with Crippen LogP contribution in [-0.4, -0.2) is 23.8 Å². The normalized spacial score (nSPS) is 28.6. The molecule has 1 aliphatic carbocycles. The number of aliphatic hydroxyl groups excluding tert-OH is 1. The summed E-state index contributed by atoms with van der Waals surface area (Å²) in [6.07, 6.45) is 4.65. The second kappa shape index (κ2) is 6.63. The molecule has 1 aliphatic rings. The molecule has 0 unspecified atom stereocenters. The first-order valence-corrected chi connectivity index (χ1v) is 5.11. The van der Waals surface area contributed by atoms with Crippen LogP contribution >= 0.6 is 12.4 Å². The van der Waals surface area contributed by atoms with E-state index in [9.17, 15) is 5.11 Å². The standard InChI is InChI=1S/C10H21NO.ClH/c1-8(2)11-7-9-5-3-4-6-10(9)12;/h8-12H,3-7H2,1-2H3;1H/t9-,10-;/m0./s1. The Morgan fingerprint density at radius 2 is 1.92 bits per heavy atom. The Bertz CT molecular complexity index is 130. The van der Waals surface area contributed by atoms with Crippen molar-refractivity contribution in [1.82, 2.24) is 5.32 Å². The second-order valence-corrected chi connectivity index (χ2v) is 4.17. The maximum absolute atomic E-state index is 9.64. The summed E-state index contributed by atoms with van der Waals surface area (Å²) < 4.78 is 0. The Morgan fingerprint density at radius 1 is 1.31 bits per heavy atom. The maximum atomic E-state index is 9.64. The van der Waals surface area contributed by atoms with Crippen molar-refractivity contribution in [2.45, 2.75) is 51.7 Å². The molecule has 2 N–H and O–H groups in total. The van der Waals surface area contributed by atoms with Crippen LogP contribution in [-0.2, 0) is 0 Å². The number of halogens is 1. The predicted molar refractivity (Wildman–Crippen MR) is 58.4 cm³/mol. The third-order valence-electron chi connectivity index (χ3n) is 2.66. The Kier molecular flexibility index (Phi) is 6.74. The highest BCUT2D eigenvalue weighted by molar-refractivity contribution is 5.85. The van der Waals surface area contributed by atoms with Crippen molar-refractivity contribution in [3.63, 3.8) is 0 Å². The SMILES string of the molecule is CC(C)NC[C@@H]1CCCC[C@@H]1O.Cl. The van der Waals surface area contributed by atoms with Gasteiger partial charge in [-0.15, -0.1) is 12.4 Å². The van der Waals surface area contributed by atoms with Crippen LogP contribution in [0.3, 0.4) is 0 Å². The van der Waals surface area contributed by atoms with E-state index in [4.69, 9.17) is 0 Å². The summed E-state index contributed by atoms with van der Waals surface area (Å²) in [5.41, 5.74) is 0. The highest BCUT2D eigenvalue weighted by Crippen LogP contribution is 2.23. The molecule has 0 amide bonds. The van der Waals surface area contributed by atoms with Gasteiger partial charge < -0.3 is 10.4 Å². The molecule has 1 fully saturated rings. The fourth-order valence-corrected chi connectivity index (χ4v) is 1.81. The van der Waals surface area contributed by atoms with Gasteiger partial charge >= 0.3 is 0 Å². The minimum absolute atomic E-state index is 0. The lowest BCUT2D eigenvalue weighted by Crippen LogP contribution is -2.36. The molecule has 0 bridgehead atoms. The fourth-order valence-electron chi connectivity index (χ4n) is 1.81. The van der Waals surface area contributed by atoms with Crippen LogP contribution in [0.2, 0.25) is 0 Å². The van der Waals surface area contributed by atoms with E-state index in [0.29, 0.717) is 12.0 Å². The molecule has 13 heavy (non-hydrogen) atoms. The van der Waals surface area contributed by atoms with Crippen LogP contribution in [0.15, 0.2) is 0 Å². The largest absolute Gasteiger partial charge is 0.393 e. The molecule has 2 nitrogen and oxygen atoms in total. The summed E-state index contributed by atoms with van der Waals surface area (Å²) in [5, 5.41) is 13.0. The summed E-state index contributed by atoms with van der Waals surface area (Å²) in [4.78, 5) is 0. The lowest BCUT2D eigenvalue weighted by Gasteiger charge is -2.28. The first-order chi connectivity index (χ1) is 5.70. The van der Waals surface area contributed by atoms with Crippen LogP contribution in [0, 0.1) is 5.92 Å². The Morgan fingerprint density at radius 3 is 2.46 bits per heavy atom. The molecule has 2 atom stereocenters.